The Morgan fingerprint density at radius 1 is 0.667 bits per heavy atom. The van der Waals surface area contributed by atoms with Crippen LogP contribution >= 0.6 is 0 Å². The molecule has 195 valence electrons. The summed E-state index contributed by atoms with van der Waals surface area (Å²) in [5.74, 6) is -0.510. The second-order valence-electron chi connectivity index (χ2n) is 9.24. The number of carbonyl (C=O) groups is 1. The number of hydrogen-bond donors (Lipinski definition) is 2. The van der Waals surface area contributed by atoms with Crippen molar-refractivity contribution in [2.45, 2.75) is 135 Å². The molecule has 0 aliphatic heterocycles. The number of phenolic OH excluding ortho intramolecular Hbond substituents is 2. The van der Waals surface area contributed by atoms with Gasteiger partial charge in [0.1, 0.15) is 5.75 Å². The van der Waals surface area contributed by atoms with Crippen molar-refractivity contribution in [2.75, 3.05) is 0 Å². The predicted octanol–water partition coefficient (Wildman–Crippen LogP) is 8.82. The van der Waals surface area contributed by atoms with E-state index in [1.807, 2.05) is 0 Å². The maximum atomic E-state index is 11.8. The van der Waals surface area contributed by atoms with Gasteiger partial charge >= 0.3 is 5.97 Å². The number of carbonyl (C=O) groups excluding carboxylic acids is 1. The van der Waals surface area contributed by atoms with Gasteiger partial charge in [0.05, 0.1) is 0 Å². The van der Waals surface area contributed by atoms with E-state index in [9.17, 15) is 15.0 Å². The third kappa shape index (κ3) is 19.1. The van der Waals surface area contributed by atoms with Gasteiger partial charge in [-0.3, -0.25) is 4.79 Å². The maximum absolute atomic E-state index is 11.8. The maximum Gasteiger partial charge on any atom is 0.311 e. The first kappa shape index (κ1) is 32.0. The smallest absolute Gasteiger partial charge is 0.311 e. The molecule has 0 bridgehead atoms. The second-order valence-corrected chi connectivity index (χ2v) is 9.24. The topological polar surface area (TPSA) is 66.8 Å². The Morgan fingerprint density at radius 2 is 1.06 bits per heavy atom. The zero-order chi connectivity index (χ0) is 23.3. The predicted molar refractivity (Wildman–Crippen MR) is 133 cm³/mol. The van der Waals surface area contributed by atoms with Crippen LogP contribution in [-0.4, -0.2) is 16.2 Å². The number of ether oxygens (including phenoxy) is 1. The molecule has 0 saturated carbocycles. The fourth-order valence-corrected chi connectivity index (χ4v) is 4.11. The van der Waals surface area contributed by atoms with Crippen LogP contribution in [0.25, 0.3) is 0 Å². The van der Waals surface area contributed by atoms with E-state index in [4.69, 9.17) is 4.74 Å². The van der Waals surface area contributed by atoms with Crippen molar-refractivity contribution < 1.29 is 42.1 Å². The molecular weight excluding hydrogens is 508 g/mol. The van der Waals surface area contributed by atoms with E-state index >= 15 is 0 Å². The third-order valence-electron chi connectivity index (χ3n) is 6.15. The van der Waals surface area contributed by atoms with Gasteiger partial charge in [0.2, 0.25) is 0 Å². The molecule has 1 rings (SSSR count). The van der Waals surface area contributed by atoms with E-state index in [0.29, 0.717) is 6.42 Å². The van der Waals surface area contributed by atoms with E-state index < -0.39 is 0 Å². The molecule has 0 aromatic heterocycles. The fraction of sp³-hybridized carbons (Fsp3) is 0.750. The summed E-state index contributed by atoms with van der Waals surface area (Å²) in [7, 11) is 0. The molecule has 0 unspecified atom stereocenters. The van der Waals surface area contributed by atoms with Crippen LogP contribution in [0.2, 0.25) is 0 Å². The first-order valence-electron chi connectivity index (χ1n) is 13.4. The second kappa shape index (κ2) is 22.8. The summed E-state index contributed by atoms with van der Waals surface area (Å²) in [5, 5.41) is 19.0. The molecule has 1 aromatic rings. The summed E-state index contributed by atoms with van der Waals surface area (Å²) in [6.07, 6.45) is 25.5. The normalized spacial score (nSPS) is 10.7. The van der Waals surface area contributed by atoms with Gasteiger partial charge in [-0.2, -0.15) is 0 Å². The zero-order valence-corrected chi connectivity index (χ0v) is 22.4. The van der Waals surface area contributed by atoms with Gasteiger partial charge in [0.25, 0.3) is 0 Å². The zero-order valence-electron chi connectivity index (χ0n) is 20.9. The molecule has 0 spiro atoms. The molecular formula is C28H48AgO4. The number of aromatic hydroxyl groups is 2. The quantitative estimate of drug-likeness (QED) is 0.0522. The van der Waals surface area contributed by atoms with Gasteiger partial charge in [0.15, 0.2) is 11.5 Å². The SMILES string of the molecule is CCCCCCCCCCCCCCCCCCCCCC(=O)Oc1cc(O)ccc1O.[Ag]. The molecule has 2 N–H and O–H groups in total. The standard InChI is InChI=1S/C28H48O4.Ag/c1-2-3-4-5-6-7-8-9-10-11-12-13-14-15-16-17-18-19-20-21-28(31)32-27-24-25(29)22-23-26(27)30;/h22-24,29-30H,2-21H2,1H3;. The van der Waals surface area contributed by atoms with Crippen molar-refractivity contribution in [1.82, 2.24) is 0 Å². The Bertz CT molecular complexity index is 591. The van der Waals surface area contributed by atoms with E-state index in [1.54, 1.807) is 0 Å². The monoisotopic (exact) mass is 555 g/mol. The van der Waals surface area contributed by atoms with Crippen molar-refractivity contribution in [2.24, 2.45) is 0 Å². The van der Waals surface area contributed by atoms with Gasteiger partial charge in [-0.15, -0.1) is 0 Å². The average molecular weight is 557 g/mol. The average Bonchev–Trinajstić information content (AvgIpc) is 2.78. The van der Waals surface area contributed by atoms with Gasteiger partial charge in [-0.05, 0) is 18.6 Å². The largest absolute Gasteiger partial charge is 0.508 e. The summed E-state index contributed by atoms with van der Waals surface area (Å²) in [6.45, 7) is 2.28. The van der Waals surface area contributed by atoms with Gasteiger partial charge in [-0.1, -0.05) is 122 Å². The minimum absolute atomic E-state index is 0. The molecule has 4 nitrogen and oxygen atoms in total. The Kier molecular flexibility index (Phi) is 22.1. The van der Waals surface area contributed by atoms with E-state index in [1.165, 1.54) is 121 Å². The number of unbranched alkanes of at least 4 members (excludes halogenated alkanes) is 18. The summed E-state index contributed by atoms with van der Waals surface area (Å²) in [4.78, 5) is 11.8. The summed E-state index contributed by atoms with van der Waals surface area (Å²) >= 11 is 0. The molecule has 0 heterocycles. The van der Waals surface area contributed by atoms with Crippen LogP contribution in [0.15, 0.2) is 18.2 Å². The number of benzene rings is 1. The van der Waals surface area contributed by atoms with Crippen molar-refractivity contribution >= 4 is 5.97 Å². The first-order chi connectivity index (χ1) is 15.6. The number of hydrogen-bond acceptors (Lipinski definition) is 4. The van der Waals surface area contributed by atoms with Crippen molar-refractivity contribution in [3.63, 3.8) is 0 Å². The molecule has 0 aliphatic rings. The minimum Gasteiger partial charge on any atom is -0.508 e. The van der Waals surface area contributed by atoms with E-state index in [2.05, 4.69) is 6.92 Å². The van der Waals surface area contributed by atoms with Crippen LogP contribution in [0.3, 0.4) is 0 Å². The van der Waals surface area contributed by atoms with Crippen LogP contribution in [-0.2, 0) is 27.2 Å². The molecule has 0 aliphatic carbocycles. The molecule has 33 heavy (non-hydrogen) atoms. The van der Waals surface area contributed by atoms with Crippen LogP contribution in [0.5, 0.6) is 17.2 Å². The fourth-order valence-electron chi connectivity index (χ4n) is 4.11. The first-order valence-corrected chi connectivity index (χ1v) is 13.4. The Balaban J connectivity index is 0.0000102. The third-order valence-corrected chi connectivity index (χ3v) is 6.15. The van der Waals surface area contributed by atoms with Gasteiger partial charge in [-0.25, -0.2) is 0 Å². The van der Waals surface area contributed by atoms with Crippen molar-refractivity contribution in [3.8, 4) is 17.2 Å². The Morgan fingerprint density at radius 3 is 1.48 bits per heavy atom. The summed E-state index contributed by atoms with van der Waals surface area (Å²) < 4.78 is 5.11. The summed E-state index contributed by atoms with van der Waals surface area (Å²) in [5.41, 5.74) is 0. The van der Waals surface area contributed by atoms with Gasteiger partial charge < -0.3 is 14.9 Å². The Hall–Kier alpha value is -0.970. The molecule has 1 radical (unpaired) electrons. The molecule has 0 atom stereocenters. The minimum atomic E-state index is -0.363. The van der Waals surface area contributed by atoms with Crippen LogP contribution in [0.1, 0.15) is 135 Å². The molecule has 5 heteroatoms. The number of rotatable bonds is 21. The van der Waals surface area contributed by atoms with Crippen LogP contribution in [0.4, 0.5) is 0 Å². The molecule has 1 aromatic carbocycles. The number of phenols is 2. The molecule has 0 saturated heterocycles. The number of esters is 1. The molecule has 0 amide bonds. The Labute approximate surface area is 218 Å². The van der Waals surface area contributed by atoms with E-state index in [0.717, 1.165) is 19.3 Å². The molecule has 0 fully saturated rings. The van der Waals surface area contributed by atoms with E-state index in [-0.39, 0.29) is 45.6 Å². The van der Waals surface area contributed by atoms with Gasteiger partial charge in [0, 0.05) is 34.9 Å². The van der Waals surface area contributed by atoms with Crippen LogP contribution in [0, 0.1) is 0 Å². The summed E-state index contributed by atoms with van der Waals surface area (Å²) in [6, 6.07) is 3.92. The van der Waals surface area contributed by atoms with Crippen molar-refractivity contribution in [1.29, 1.82) is 0 Å². The van der Waals surface area contributed by atoms with Crippen LogP contribution < -0.4 is 4.74 Å². The van der Waals surface area contributed by atoms with Crippen molar-refractivity contribution in [3.05, 3.63) is 18.2 Å².